The van der Waals surface area contributed by atoms with E-state index in [1.807, 2.05) is 26.0 Å². The predicted molar refractivity (Wildman–Crippen MR) is 109 cm³/mol. The van der Waals surface area contributed by atoms with E-state index >= 15 is 0 Å². The van der Waals surface area contributed by atoms with Gasteiger partial charge in [0.2, 0.25) is 17.7 Å². The molecule has 0 bridgehead atoms. The number of rotatable bonds is 5. The molecule has 4 rings (SSSR count). The van der Waals surface area contributed by atoms with Gasteiger partial charge in [-0.2, -0.15) is 0 Å². The van der Waals surface area contributed by atoms with Gasteiger partial charge in [0, 0.05) is 18.4 Å². The lowest BCUT2D eigenvalue weighted by atomic mass is 10.0. The SMILES string of the molecule is Cc1ccc(Cc2nnc(NC(=O)c3ccc(N4C(=O)CCC4=O)cc3)o2)c(C)c1. The van der Waals surface area contributed by atoms with E-state index in [2.05, 4.69) is 21.6 Å². The Morgan fingerprint density at radius 1 is 1.03 bits per heavy atom. The highest BCUT2D eigenvalue weighted by Crippen LogP contribution is 2.23. The summed E-state index contributed by atoms with van der Waals surface area (Å²) >= 11 is 0. The van der Waals surface area contributed by atoms with Crippen LogP contribution in [0.25, 0.3) is 0 Å². The quantitative estimate of drug-likeness (QED) is 0.655. The van der Waals surface area contributed by atoms with E-state index in [4.69, 9.17) is 4.42 Å². The minimum absolute atomic E-state index is 0.00809. The number of nitrogens with one attached hydrogen (secondary N) is 1. The van der Waals surface area contributed by atoms with Crippen molar-refractivity contribution in [2.24, 2.45) is 0 Å². The lowest BCUT2D eigenvalue weighted by molar-refractivity contribution is -0.121. The summed E-state index contributed by atoms with van der Waals surface area (Å²) in [5, 5.41) is 10.4. The molecule has 1 aliphatic rings. The summed E-state index contributed by atoms with van der Waals surface area (Å²) < 4.78 is 5.55. The molecule has 1 fully saturated rings. The Hall–Kier alpha value is -3.81. The maximum absolute atomic E-state index is 12.4. The largest absolute Gasteiger partial charge is 0.407 e. The van der Waals surface area contributed by atoms with Crippen LogP contribution < -0.4 is 10.2 Å². The molecule has 8 nitrogen and oxygen atoms in total. The van der Waals surface area contributed by atoms with Crippen LogP contribution in [0.1, 0.15) is 45.8 Å². The third-order valence-corrected chi connectivity index (χ3v) is 4.97. The van der Waals surface area contributed by atoms with Crippen molar-refractivity contribution >= 4 is 29.4 Å². The van der Waals surface area contributed by atoms with Gasteiger partial charge in [0.1, 0.15) is 0 Å². The summed E-state index contributed by atoms with van der Waals surface area (Å²) in [6.45, 7) is 4.05. The number of nitrogens with zero attached hydrogens (tertiary/aromatic N) is 3. The monoisotopic (exact) mass is 404 g/mol. The summed E-state index contributed by atoms with van der Waals surface area (Å²) in [7, 11) is 0. The van der Waals surface area contributed by atoms with Crippen molar-refractivity contribution < 1.29 is 18.8 Å². The molecule has 30 heavy (non-hydrogen) atoms. The summed E-state index contributed by atoms with van der Waals surface area (Å²) in [5.41, 5.74) is 4.18. The van der Waals surface area contributed by atoms with E-state index in [0.717, 1.165) is 16.0 Å². The first-order valence-electron chi connectivity index (χ1n) is 9.56. The van der Waals surface area contributed by atoms with Crippen LogP contribution in [0.3, 0.4) is 0 Å². The highest BCUT2D eigenvalue weighted by Gasteiger charge is 2.30. The van der Waals surface area contributed by atoms with Crippen LogP contribution in [0, 0.1) is 13.8 Å². The van der Waals surface area contributed by atoms with E-state index in [1.165, 1.54) is 17.7 Å². The van der Waals surface area contributed by atoms with E-state index in [9.17, 15) is 14.4 Å². The van der Waals surface area contributed by atoms with Crippen LogP contribution in [-0.2, 0) is 16.0 Å². The van der Waals surface area contributed by atoms with Gasteiger partial charge in [-0.25, -0.2) is 0 Å². The topological polar surface area (TPSA) is 105 Å². The molecule has 0 unspecified atom stereocenters. The summed E-state index contributed by atoms with van der Waals surface area (Å²) in [5.74, 6) is -0.500. The standard InChI is InChI=1S/C22H20N4O4/c1-13-3-4-16(14(2)11-13)12-18-24-25-22(30-18)23-21(29)15-5-7-17(8-6-15)26-19(27)9-10-20(26)28/h3-8,11H,9-10,12H2,1-2H3,(H,23,25,29). The summed E-state index contributed by atoms with van der Waals surface area (Å²) in [4.78, 5) is 37.2. The van der Waals surface area contributed by atoms with Crippen molar-refractivity contribution in [2.45, 2.75) is 33.1 Å². The Bertz CT molecular complexity index is 1120. The van der Waals surface area contributed by atoms with Crippen molar-refractivity contribution in [2.75, 3.05) is 10.2 Å². The van der Waals surface area contributed by atoms with Crippen LogP contribution >= 0.6 is 0 Å². The third-order valence-electron chi connectivity index (χ3n) is 4.97. The van der Waals surface area contributed by atoms with Crippen molar-refractivity contribution in [1.29, 1.82) is 0 Å². The average molecular weight is 404 g/mol. The Morgan fingerprint density at radius 2 is 1.73 bits per heavy atom. The number of aromatic nitrogens is 2. The van der Waals surface area contributed by atoms with Crippen molar-refractivity contribution in [3.63, 3.8) is 0 Å². The molecule has 152 valence electrons. The molecule has 1 aliphatic heterocycles. The fourth-order valence-electron chi connectivity index (χ4n) is 3.38. The summed E-state index contributed by atoms with van der Waals surface area (Å²) in [6.07, 6.45) is 0.896. The molecule has 0 aliphatic carbocycles. The van der Waals surface area contributed by atoms with Crippen LogP contribution in [0.4, 0.5) is 11.7 Å². The molecule has 0 saturated carbocycles. The van der Waals surface area contributed by atoms with Gasteiger partial charge in [-0.3, -0.25) is 24.6 Å². The zero-order valence-electron chi connectivity index (χ0n) is 16.6. The first kappa shape index (κ1) is 19.5. The number of carbonyl (C=O) groups is 3. The number of aryl methyl sites for hydroxylation is 2. The Balaban J connectivity index is 1.42. The van der Waals surface area contributed by atoms with Crippen LogP contribution in [0.5, 0.6) is 0 Å². The van der Waals surface area contributed by atoms with Gasteiger partial charge < -0.3 is 4.42 Å². The molecular weight excluding hydrogens is 384 g/mol. The number of hydrogen-bond donors (Lipinski definition) is 1. The molecular formula is C22H20N4O4. The molecule has 1 N–H and O–H groups in total. The van der Waals surface area contributed by atoms with Gasteiger partial charge in [0.05, 0.1) is 12.1 Å². The molecule has 1 aromatic heterocycles. The lowest BCUT2D eigenvalue weighted by Crippen LogP contribution is -2.28. The molecule has 0 spiro atoms. The third kappa shape index (κ3) is 3.98. The number of carbonyl (C=O) groups excluding carboxylic acids is 3. The van der Waals surface area contributed by atoms with Crippen molar-refractivity contribution in [3.05, 3.63) is 70.6 Å². The Labute approximate surface area is 172 Å². The molecule has 1 saturated heterocycles. The number of benzene rings is 2. The number of imide groups is 1. The normalized spacial score (nSPS) is 13.7. The second-order valence-electron chi connectivity index (χ2n) is 7.23. The van der Waals surface area contributed by atoms with Gasteiger partial charge in [-0.15, -0.1) is 5.10 Å². The smallest absolute Gasteiger partial charge is 0.322 e. The predicted octanol–water partition coefficient (Wildman–Crippen LogP) is 3.18. The first-order chi connectivity index (χ1) is 14.4. The number of anilines is 2. The fraction of sp³-hybridized carbons (Fsp3) is 0.227. The molecule has 2 heterocycles. The van der Waals surface area contributed by atoms with E-state index in [-0.39, 0.29) is 30.7 Å². The van der Waals surface area contributed by atoms with Gasteiger partial charge in [-0.05, 0) is 49.2 Å². The minimum atomic E-state index is -0.428. The van der Waals surface area contributed by atoms with E-state index in [0.29, 0.717) is 23.6 Å². The molecule has 8 heteroatoms. The van der Waals surface area contributed by atoms with Crippen molar-refractivity contribution in [1.82, 2.24) is 10.2 Å². The number of hydrogen-bond acceptors (Lipinski definition) is 6. The average Bonchev–Trinajstić information content (AvgIpc) is 3.30. The highest BCUT2D eigenvalue weighted by molar-refractivity contribution is 6.20. The maximum Gasteiger partial charge on any atom is 0.322 e. The van der Waals surface area contributed by atoms with Gasteiger partial charge in [0.15, 0.2) is 0 Å². The number of amides is 3. The van der Waals surface area contributed by atoms with Crippen LogP contribution in [0.2, 0.25) is 0 Å². The van der Waals surface area contributed by atoms with Crippen LogP contribution in [0.15, 0.2) is 46.9 Å². The second-order valence-corrected chi connectivity index (χ2v) is 7.23. The van der Waals surface area contributed by atoms with Crippen LogP contribution in [-0.4, -0.2) is 27.9 Å². The fourth-order valence-corrected chi connectivity index (χ4v) is 3.38. The maximum atomic E-state index is 12.4. The van der Waals surface area contributed by atoms with E-state index < -0.39 is 5.91 Å². The second kappa shape index (κ2) is 7.90. The zero-order valence-corrected chi connectivity index (χ0v) is 16.6. The summed E-state index contributed by atoms with van der Waals surface area (Å²) in [6, 6.07) is 12.3. The van der Waals surface area contributed by atoms with Gasteiger partial charge in [-0.1, -0.05) is 28.9 Å². The lowest BCUT2D eigenvalue weighted by Gasteiger charge is -2.13. The molecule has 3 amide bonds. The molecule has 0 radical (unpaired) electrons. The Morgan fingerprint density at radius 3 is 2.40 bits per heavy atom. The van der Waals surface area contributed by atoms with Crippen molar-refractivity contribution in [3.8, 4) is 0 Å². The van der Waals surface area contributed by atoms with Gasteiger partial charge in [0.25, 0.3) is 5.91 Å². The minimum Gasteiger partial charge on any atom is -0.407 e. The first-order valence-corrected chi connectivity index (χ1v) is 9.56. The zero-order chi connectivity index (χ0) is 21.3. The molecule has 2 aromatic carbocycles. The molecule has 0 atom stereocenters. The van der Waals surface area contributed by atoms with Gasteiger partial charge >= 0.3 is 6.01 Å². The molecule has 3 aromatic rings. The highest BCUT2D eigenvalue weighted by atomic mass is 16.4. The Kier molecular flexibility index (Phi) is 5.14. The van der Waals surface area contributed by atoms with E-state index in [1.54, 1.807) is 12.1 Å².